The van der Waals surface area contributed by atoms with E-state index in [1.54, 1.807) is 11.3 Å². The van der Waals surface area contributed by atoms with Gasteiger partial charge in [0.2, 0.25) is 5.91 Å². The predicted octanol–water partition coefficient (Wildman–Crippen LogP) is 4.06. The summed E-state index contributed by atoms with van der Waals surface area (Å²) in [7, 11) is 0. The van der Waals surface area contributed by atoms with Gasteiger partial charge in [0.15, 0.2) is 5.76 Å². The first kappa shape index (κ1) is 19.1. The summed E-state index contributed by atoms with van der Waals surface area (Å²) >= 11 is 1.62. The maximum absolute atomic E-state index is 12.8. The molecule has 0 radical (unpaired) electrons. The van der Waals surface area contributed by atoms with Crippen LogP contribution in [-0.2, 0) is 10.2 Å². The van der Waals surface area contributed by atoms with Crippen molar-refractivity contribution < 1.29 is 9.32 Å². The standard InChI is InChI=1S/C20H29N3O2S/c1-4-23(5-2)12-6-8-15(3)21-19(24)20(10-11-20)18-14-16(25-22-18)17-9-7-13-26-17/h7,9,13-15H,4-6,8,10-12H2,1-3H3,(H,21,24). The molecule has 2 heterocycles. The van der Waals surface area contributed by atoms with Crippen molar-refractivity contribution in [2.75, 3.05) is 19.6 Å². The highest BCUT2D eigenvalue weighted by molar-refractivity contribution is 7.13. The summed E-state index contributed by atoms with van der Waals surface area (Å²) in [6.45, 7) is 9.72. The van der Waals surface area contributed by atoms with Crippen molar-refractivity contribution in [3.05, 3.63) is 29.3 Å². The van der Waals surface area contributed by atoms with Gasteiger partial charge in [-0.15, -0.1) is 11.3 Å². The first-order valence-corrected chi connectivity index (χ1v) is 10.5. The van der Waals surface area contributed by atoms with Crippen LogP contribution in [0.2, 0.25) is 0 Å². The number of carbonyl (C=O) groups is 1. The SMILES string of the molecule is CCN(CC)CCCC(C)NC(=O)C1(c2cc(-c3cccs3)on2)CC1. The number of thiophene rings is 1. The zero-order valence-corrected chi connectivity index (χ0v) is 16.8. The number of aromatic nitrogens is 1. The molecule has 0 aliphatic heterocycles. The van der Waals surface area contributed by atoms with E-state index in [1.165, 1.54) is 0 Å². The molecule has 5 nitrogen and oxygen atoms in total. The summed E-state index contributed by atoms with van der Waals surface area (Å²) in [5, 5.41) is 9.42. The van der Waals surface area contributed by atoms with Crippen LogP contribution in [0.25, 0.3) is 10.6 Å². The average Bonchev–Trinajstić information content (AvgIpc) is 3.06. The molecule has 3 rings (SSSR count). The zero-order chi connectivity index (χ0) is 18.6. The summed E-state index contributed by atoms with van der Waals surface area (Å²) < 4.78 is 5.48. The first-order chi connectivity index (χ1) is 12.6. The molecular weight excluding hydrogens is 346 g/mol. The number of hydrogen-bond donors (Lipinski definition) is 1. The quantitative estimate of drug-likeness (QED) is 0.680. The van der Waals surface area contributed by atoms with E-state index in [1.807, 2.05) is 23.6 Å². The molecular formula is C20H29N3O2S. The van der Waals surface area contributed by atoms with E-state index in [2.05, 4.69) is 36.1 Å². The maximum Gasteiger partial charge on any atom is 0.232 e. The Morgan fingerprint density at radius 2 is 2.19 bits per heavy atom. The molecule has 1 N–H and O–H groups in total. The lowest BCUT2D eigenvalue weighted by Crippen LogP contribution is -2.40. The Kier molecular flexibility index (Phi) is 6.14. The second kappa shape index (κ2) is 8.35. The van der Waals surface area contributed by atoms with Crippen molar-refractivity contribution in [2.24, 2.45) is 0 Å². The lowest BCUT2D eigenvalue weighted by molar-refractivity contribution is -0.124. The highest BCUT2D eigenvalue weighted by Gasteiger charge is 2.54. The molecule has 1 fully saturated rings. The van der Waals surface area contributed by atoms with Gasteiger partial charge in [-0.1, -0.05) is 25.1 Å². The van der Waals surface area contributed by atoms with Crippen molar-refractivity contribution >= 4 is 17.2 Å². The number of nitrogens with one attached hydrogen (secondary N) is 1. The van der Waals surface area contributed by atoms with E-state index in [0.29, 0.717) is 0 Å². The molecule has 2 aromatic rings. The topological polar surface area (TPSA) is 58.4 Å². The molecule has 6 heteroatoms. The van der Waals surface area contributed by atoms with Gasteiger partial charge in [0.25, 0.3) is 0 Å². The molecule has 0 spiro atoms. The Morgan fingerprint density at radius 3 is 2.81 bits per heavy atom. The fourth-order valence-electron chi connectivity index (χ4n) is 3.36. The molecule has 0 aromatic carbocycles. The van der Waals surface area contributed by atoms with Gasteiger partial charge in [-0.3, -0.25) is 4.79 Å². The number of nitrogens with zero attached hydrogens (tertiary/aromatic N) is 2. The molecule has 1 aliphatic carbocycles. The fourth-order valence-corrected chi connectivity index (χ4v) is 4.03. The number of rotatable bonds is 10. The van der Waals surface area contributed by atoms with Crippen molar-refractivity contribution in [1.29, 1.82) is 0 Å². The second-order valence-electron chi connectivity index (χ2n) is 7.18. The highest BCUT2D eigenvalue weighted by Crippen LogP contribution is 2.48. The maximum atomic E-state index is 12.8. The van der Waals surface area contributed by atoms with Gasteiger partial charge >= 0.3 is 0 Å². The molecule has 26 heavy (non-hydrogen) atoms. The molecule has 142 valence electrons. The summed E-state index contributed by atoms with van der Waals surface area (Å²) in [5.74, 6) is 0.847. The number of amides is 1. The summed E-state index contributed by atoms with van der Waals surface area (Å²) in [6, 6.07) is 6.11. The van der Waals surface area contributed by atoms with E-state index in [0.717, 1.165) is 61.6 Å². The van der Waals surface area contributed by atoms with E-state index >= 15 is 0 Å². The van der Waals surface area contributed by atoms with Gasteiger partial charge in [0.1, 0.15) is 0 Å². The third kappa shape index (κ3) is 4.18. The Bertz CT molecular complexity index is 702. The lowest BCUT2D eigenvalue weighted by Gasteiger charge is -2.21. The normalized spacial score (nSPS) is 16.6. The predicted molar refractivity (Wildman–Crippen MR) is 105 cm³/mol. The van der Waals surface area contributed by atoms with E-state index in [9.17, 15) is 4.79 Å². The van der Waals surface area contributed by atoms with Crippen LogP contribution in [0.15, 0.2) is 28.1 Å². The Morgan fingerprint density at radius 1 is 1.42 bits per heavy atom. The van der Waals surface area contributed by atoms with E-state index in [-0.39, 0.29) is 11.9 Å². The molecule has 1 aliphatic rings. The van der Waals surface area contributed by atoms with Crippen LogP contribution < -0.4 is 5.32 Å². The van der Waals surface area contributed by atoms with Gasteiger partial charge in [0, 0.05) is 12.1 Å². The van der Waals surface area contributed by atoms with Gasteiger partial charge in [-0.25, -0.2) is 0 Å². The summed E-state index contributed by atoms with van der Waals surface area (Å²) in [5.41, 5.74) is 0.292. The minimum Gasteiger partial charge on any atom is -0.355 e. The molecule has 1 atom stereocenters. The van der Waals surface area contributed by atoms with Crippen LogP contribution in [0.1, 0.15) is 52.1 Å². The van der Waals surface area contributed by atoms with Crippen molar-refractivity contribution in [3.8, 4) is 10.6 Å². The highest BCUT2D eigenvalue weighted by atomic mass is 32.1. The van der Waals surface area contributed by atoms with Crippen molar-refractivity contribution in [2.45, 2.75) is 57.9 Å². The minimum absolute atomic E-state index is 0.0962. The third-order valence-corrected chi connectivity index (χ3v) is 6.22. The molecule has 1 unspecified atom stereocenters. The molecule has 1 amide bonds. The van der Waals surface area contributed by atoms with Crippen LogP contribution in [0.4, 0.5) is 0 Å². The lowest BCUT2D eigenvalue weighted by atomic mass is 10.00. The number of carbonyl (C=O) groups excluding carboxylic acids is 1. The second-order valence-corrected chi connectivity index (χ2v) is 8.13. The largest absolute Gasteiger partial charge is 0.355 e. The third-order valence-electron chi connectivity index (χ3n) is 5.33. The summed E-state index contributed by atoms with van der Waals surface area (Å²) in [6.07, 6.45) is 3.79. The minimum atomic E-state index is -0.480. The van der Waals surface area contributed by atoms with Gasteiger partial charge in [-0.05, 0) is 63.7 Å². The number of hydrogen-bond acceptors (Lipinski definition) is 5. The monoisotopic (exact) mass is 375 g/mol. The van der Waals surface area contributed by atoms with Gasteiger partial charge < -0.3 is 14.7 Å². The smallest absolute Gasteiger partial charge is 0.232 e. The van der Waals surface area contributed by atoms with Crippen LogP contribution in [0.3, 0.4) is 0 Å². The van der Waals surface area contributed by atoms with Gasteiger partial charge in [-0.2, -0.15) is 0 Å². The van der Waals surface area contributed by atoms with Crippen LogP contribution >= 0.6 is 11.3 Å². The molecule has 1 saturated carbocycles. The van der Waals surface area contributed by atoms with Crippen molar-refractivity contribution in [3.63, 3.8) is 0 Å². The molecule has 2 aromatic heterocycles. The van der Waals surface area contributed by atoms with E-state index < -0.39 is 5.41 Å². The fraction of sp³-hybridized carbons (Fsp3) is 0.600. The van der Waals surface area contributed by atoms with Crippen LogP contribution in [-0.4, -0.2) is 41.6 Å². The zero-order valence-electron chi connectivity index (χ0n) is 16.0. The molecule has 0 bridgehead atoms. The summed E-state index contributed by atoms with van der Waals surface area (Å²) in [4.78, 5) is 16.3. The Hall–Kier alpha value is -1.66. The molecule has 0 saturated heterocycles. The van der Waals surface area contributed by atoms with Gasteiger partial charge in [0.05, 0.1) is 16.0 Å². The Labute approximate surface area is 159 Å². The average molecular weight is 376 g/mol. The van der Waals surface area contributed by atoms with Crippen molar-refractivity contribution in [1.82, 2.24) is 15.4 Å². The van der Waals surface area contributed by atoms with Crippen LogP contribution in [0, 0.1) is 0 Å². The first-order valence-electron chi connectivity index (χ1n) is 9.63. The Balaban J connectivity index is 1.54. The van der Waals surface area contributed by atoms with Crippen LogP contribution in [0.5, 0.6) is 0 Å². The van der Waals surface area contributed by atoms with E-state index in [4.69, 9.17) is 4.52 Å².